The normalized spacial score (nSPS) is 10.7. The number of aromatic nitrogens is 4. The monoisotopic (exact) mass is 341 g/mol. The quantitative estimate of drug-likeness (QED) is 0.678. The summed E-state index contributed by atoms with van der Waals surface area (Å²) in [6.07, 6.45) is 4.73. The minimum atomic E-state index is -0.0953. The number of nitrogens with zero attached hydrogens (tertiary/aromatic N) is 3. The van der Waals surface area contributed by atoms with Gasteiger partial charge in [0.25, 0.3) is 5.91 Å². The Labute approximate surface area is 145 Å². The van der Waals surface area contributed by atoms with Crippen LogP contribution in [0, 0.1) is 4.77 Å². The van der Waals surface area contributed by atoms with Crippen LogP contribution in [-0.2, 0) is 13.0 Å². The van der Waals surface area contributed by atoms with Gasteiger partial charge >= 0.3 is 0 Å². The molecule has 3 aromatic rings. The molecule has 0 bridgehead atoms. The van der Waals surface area contributed by atoms with Gasteiger partial charge in [0.1, 0.15) is 5.82 Å². The summed E-state index contributed by atoms with van der Waals surface area (Å²) in [5, 5.41) is 9.85. The van der Waals surface area contributed by atoms with E-state index in [1.807, 2.05) is 64.8 Å². The first-order valence-corrected chi connectivity index (χ1v) is 8.25. The molecule has 0 atom stereocenters. The second kappa shape index (κ2) is 7.27. The lowest BCUT2D eigenvalue weighted by atomic mass is 10.2. The molecule has 0 unspecified atom stereocenters. The van der Waals surface area contributed by atoms with Crippen molar-refractivity contribution < 1.29 is 4.79 Å². The van der Waals surface area contributed by atoms with E-state index in [1.54, 1.807) is 0 Å². The molecule has 0 fully saturated rings. The molecule has 2 N–H and O–H groups in total. The summed E-state index contributed by atoms with van der Waals surface area (Å²) in [5.41, 5.74) is 1.66. The lowest BCUT2D eigenvalue weighted by Crippen LogP contribution is -2.27. The van der Waals surface area contributed by atoms with Crippen molar-refractivity contribution in [3.63, 3.8) is 0 Å². The lowest BCUT2D eigenvalue weighted by Gasteiger charge is -2.08. The highest BCUT2D eigenvalue weighted by Crippen LogP contribution is 2.10. The highest BCUT2D eigenvalue weighted by Gasteiger charge is 2.07. The molecule has 2 aromatic heterocycles. The number of rotatable bonds is 6. The van der Waals surface area contributed by atoms with E-state index >= 15 is 0 Å². The minimum Gasteiger partial charge on any atom is -0.350 e. The van der Waals surface area contributed by atoms with Gasteiger partial charge in [-0.1, -0.05) is 6.92 Å². The maximum Gasteiger partial charge on any atom is 0.251 e. The summed E-state index contributed by atoms with van der Waals surface area (Å²) < 4.78 is 4.48. The molecule has 0 aliphatic carbocycles. The number of benzene rings is 1. The Bertz CT molecular complexity index is 861. The number of hydrogen-bond donors (Lipinski definition) is 2. The van der Waals surface area contributed by atoms with Crippen molar-refractivity contribution in [3.8, 4) is 5.69 Å². The molecular formula is C17H19N5OS. The van der Waals surface area contributed by atoms with Gasteiger partial charge in [0.05, 0.1) is 0 Å². The zero-order chi connectivity index (χ0) is 16.9. The predicted molar refractivity (Wildman–Crippen MR) is 94.9 cm³/mol. The molecule has 6 nitrogen and oxygen atoms in total. The lowest BCUT2D eigenvalue weighted by molar-refractivity contribution is 0.0952. The van der Waals surface area contributed by atoms with E-state index in [9.17, 15) is 4.79 Å². The topological polar surface area (TPSA) is 67.6 Å². The average Bonchev–Trinajstić information content (AvgIpc) is 3.25. The molecule has 1 amide bonds. The Hall–Kier alpha value is -2.67. The van der Waals surface area contributed by atoms with Crippen LogP contribution in [0.25, 0.3) is 5.69 Å². The molecule has 0 aliphatic heterocycles. The first-order valence-electron chi connectivity index (χ1n) is 7.84. The fraction of sp³-hybridized carbons (Fsp3) is 0.235. The number of H-pyrrole nitrogens is 1. The number of nitrogens with one attached hydrogen (secondary N) is 2. The van der Waals surface area contributed by atoms with Gasteiger partial charge in [-0.25, -0.2) is 0 Å². The van der Waals surface area contributed by atoms with Crippen molar-refractivity contribution in [2.45, 2.75) is 19.9 Å². The number of hydrogen-bond acceptors (Lipinski definition) is 3. The summed E-state index contributed by atoms with van der Waals surface area (Å²) in [4.78, 5) is 12.2. The molecule has 0 aliphatic rings. The van der Waals surface area contributed by atoms with Crippen LogP contribution in [-0.4, -0.2) is 31.8 Å². The molecule has 24 heavy (non-hydrogen) atoms. The molecule has 0 saturated carbocycles. The largest absolute Gasteiger partial charge is 0.350 e. The zero-order valence-electron chi connectivity index (χ0n) is 13.4. The summed E-state index contributed by atoms with van der Waals surface area (Å²) in [6.45, 7) is 3.12. The average molecular weight is 341 g/mol. The van der Waals surface area contributed by atoms with Crippen LogP contribution in [0.15, 0.2) is 48.8 Å². The standard InChI is InChI=1S/C17H19N5OS/c1-2-15-19-20-17(24)22(15)12-9-18-16(23)13-5-7-14(8-6-13)21-10-3-4-11-21/h3-8,10-11H,2,9,12H2,1H3,(H,18,23)(H,20,24). The van der Waals surface area contributed by atoms with Crippen LogP contribution < -0.4 is 5.32 Å². The van der Waals surface area contributed by atoms with Gasteiger partial charge in [-0.3, -0.25) is 9.89 Å². The molecule has 7 heteroatoms. The highest BCUT2D eigenvalue weighted by atomic mass is 32.1. The Morgan fingerprint density at radius 3 is 2.62 bits per heavy atom. The van der Waals surface area contributed by atoms with Gasteiger partial charge in [0, 0.05) is 43.2 Å². The fourth-order valence-corrected chi connectivity index (χ4v) is 2.77. The van der Waals surface area contributed by atoms with E-state index in [-0.39, 0.29) is 5.91 Å². The van der Waals surface area contributed by atoms with Crippen LogP contribution in [0.4, 0.5) is 0 Å². The second-order valence-electron chi connectivity index (χ2n) is 5.34. The number of aromatic amines is 1. The third kappa shape index (κ3) is 3.46. The first-order chi connectivity index (χ1) is 11.7. The van der Waals surface area contributed by atoms with E-state index in [4.69, 9.17) is 12.2 Å². The van der Waals surface area contributed by atoms with Gasteiger partial charge in [0.2, 0.25) is 0 Å². The summed E-state index contributed by atoms with van der Waals surface area (Å²) in [5.74, 6) is 0.799. The Kier molecular flexibility index (Phi) is 4.90. The number of carbonyl (C=O) groups excluding carboxylic acids is 1. The predicted octanol–water partition coefficient (Wildman–Crippen LogP) is 2.72. The molecule has 3 rings (SSSR count). The summed E-state index contributed by atoms with van der Waals surface area (Å²) in [7, 11) is 0. The van der Waals surface area contributed by atoms with Gasteiger partial charge in [-0.05, 0) is 48.6 Å². The van der Waals surface area contributed by atoms with Crippen molar-refractivity contribution in [2.24, 2.45) is 0 Å². The van der Waals surface area contributed by atoms with E-state index in [1.165, 1.54) is 0 Å². The van der Waals surface area contributed by atoms with Crippen LogP contribution in [0.1, 0.15) is 23.1 Å². The molecule has 0 radical (unpaired) electrons. The third-order valence-electron chi connectivity index (χ3n) is 3.81. The van der Waals surface area contributed by atoms with Crippen molar-refractivity contribution in [3.05, 3.63) is 65.0 Å². The SMILES string of the molecule is CCc1n[nH]c(=S)n1CCNC(=O)c1ccc(-n2cccc2)cc1. The van der Waals surface area contributed by atoms with Crippen LogP contribution in [0.5, 0.6) is 0 Å². The smallest absolute Gasteiger partial charge is 0.251 e. The van der Waals surface area contributed by atoms with E-state index in [0.717, 1.165) is 17.9 Å². The second-order valence-corrected chi connectivity index (χ2v) is 5.73. The van der Waals surface area contributed by atoms with Crippen molar-refractivity contribution in [1.29, 1.82) is 0 Å². The number of aryl methyl sites for hydroxylation is 1. The van der Waals surface area contributed by atoms with Crippen LogP contribution >= 0.6 is 12.2 Å². The Morgan fingerprint density at radius 2 is 1.96 bits per heavy atom. The molecular weight excluding hydrogens is 322 g/mol. The molecule has 124 valence electrons. The van der Waals surface area contributed by atoms with Gasteiger partial charge in [-0.15, -0.1) is 0 Å². The maximum atomic E-state index is 12.2. The maximum absolute atomic E-state index is 12.2. The molecule has 0 spiro atoms. The fourth-order valence-electron chi connectivity index (χ4n) is 2.53. The first kappa shape index (κ1) is 16.2. The molecule has 0 saturated heterocycles. The van der Waals surface area contributed by atoms with Crippen molar-refractivity contribution in [1.82, 2.24) is 24.6 Å². The summed E-state index contributed by atoms with van der Waals surface area (Å²) >= 11 is 5.19. The van der Waals surface area contributed by atoms with E-state index < -0.39 is 0 Å². The van der Waals surface area contributed by atoms with E-state index in [2.05, 4.69) is 15.5 Å². The number of carbonyl (C=O) groups is 1. The summed E-state index contributed by atoms with van der Waals surface area (Å²) in [6, 6.07) is 11.4. The van der Waals surface area contributed by atoms with Crippen LogP contribution in [0.2, 0.25) is 0 Å². The molecule has 1 aromatic carbocycles. The molecule has 2 heterocycles. The van der Waals surface area contributed by atoms with Gasteiger partial charge < -0.3 is 14.5 Å². The number of amides is 1. The minimum absolute atomic E-state index is 0.0953. The Balaban J connectivity index is 1.59. The highest BCUT2D eigenvalue weighted by molar-refractivity contribution is 7.71. The van der Waals surface area contributed by atoms with Crippen molar-refractivity contribution in [2.75, 3.05) is 6.54 Å². The van der Waals surface area contributed by atoms with Gasteiger partial charge in [-0.2, -0.15) is 5.10 Å². The zero-order valence-corrected chi connectivity index (χ0v) is 14.2. The van der Waals surface area contributed by atoms with E-state index in [0.29, 0.717) is 23.4 Å². The third-order valence-corrected chi connectivity index (χ3v) is 4.12. The Morgan fingerprint density at radius 1 is 1.25 bits per heavy atom. The van der Waals surface area contributed by atoms with Gasteiger partial charge in [0.15, 0.2) is 4.77 Å². The van der Waals surface area contributed by atoms with Crippen LogP contribution in [0.3, 0.4) is 0 Å². The van der Waals surface area contributed by atoms with Crippen molar-refractivity contribution >= 4 is 18.1 Å².